The summed E-state index contributed by atoms with van der Waals surface area (Å²) in [4.78, 5) is 4.88. The minimum absolute atomic E-state index is 0. The van der Waals surface area contributed by atoms with Crippen molar-refractivity contribution in [1.82, 2.24) is 18.7 Å². The summed E-state index contributed by atoms with van der Waals surface area (Å²) in [5.74, 6) is 2.22. The first kappa shape index (κ1) is 38.3. The Morgan fingerprint density at radius 3 is 2.04 bits per heavy atom. The fourth-order valence-corrected chi connectivity index (χ4v) is 8.68. The number of aromatic nitrogens is 2. The van der Waals surface area contributed by atoms with E-state index in [0.29, 0.717) is 20.7 Å². The molecule has 2 aromatic heterocycles. The van der Waals surface area contributed by atoms with Crippen molar-refractivity contribution in [1.29, 1.82) is 0 Å². The van der Waals surface area contributed by atoms with Gasteiger partial charge in [0.2, 0.25) is 11.4 Å². The van der Waals surface area contributed by atoms with E-state index >= 15 is 0 Å². The summed E-state index contributed by atoms with van der Waals surface area (Å²) in [7, 11) is 0. The van der Waals surface area contributed by atoms with Gasteiger partial charge in [-0.15, -0.1) is 35.2 Å². The van der Waals surface area contributed by atoms with Gasteiger partial charge in [0.05, 0.1) is 5.69 Å². The normalized spacial score (nSPS) is 18.9. The van der Waals surface area contributed by atoms with Gasteiger partial charge in [-0.05, 0) is 63.8 Å². The van der Waals surface area contributed by atoms with Crippen LogP contribution in [0.3, 0.4) is 0 Å². The quantitative estimate of drug-likeness (QED) is 0.0863. The number of ether oxygens (including phenoxy) is 1. The molecule has 0 aliphatic carbocycles. The van der Waals surface area contributed by atoms with Crippen molar-refractivity contribution < 1.29 is 25.8 Å². The smallest absolute Gasteiger partial charge is 0.225 e. The topological polar surface area (TPSA) is 27.1 Å². The SMILES string of the molecule is CCC(C)(CC)c1cc(Oc2[c-]c3c(cc2)c2ccccc2n3-c2cc(C(C)(C)C)ccn2)[c-]c([N+]23[CH-][N@+]2(c2cccc(C(C)(C)C)c2)c2ccccc23)c1.[Pt]. The Kier molecular flexibility index (Phi) is 9.08. The molecule has 5 aromatic carbocycles. The molecule has 0 bridgehead atoms. The second-order valence-electron chi connectivity index (χ2n) is 17.9. The van der Waals surface area contributed by atoms with Crippen LogP contribution in [0.4, 0.5) is 22.7 Å². The van der Waals surface area contributed by atoms with E-state index in [-0.39, 0.29) is 37.3 Å². The third-order valence-electron chi connectivity index (χ3n) is 12.6. The van der Waals surface area contributed by atoms with E-state index in [1.54, 1.807) is 0 Å². The molecule has 2 aliphatic heterocycles. The summed E-state index contributed by atoms with van der Waals surface area (Å²) in [6.45, 7) is 23.0. The molecule has 0 amide bonds. The van der Waals surface area contributed by atoms with Crippen LogP contribution < -0.4 is 13.9 Å². The fourth-order valence-electron chi connectivity index (χ4n) is 8.68. The van der Waals surface area contributed by atoms with E-state index in [0.717, 1.165) is 46.2 Å². The number of hydrogen-bond donors (Lipinski definition) is 0. The largest absolute Gasteiger partial charge is 0.509 e. The third-order valence-corrected chi connectivity index (χ3v) is 12.6. The molecule has 56 heavy (non-hydrogen) atoms. The molecule has 2 aliphatic rings. The van der Waals surface area contributed by atoms with Crippen molar-refractivity contribution in [2.24, 2.45) is 0 Å². The molecule has 2 atom stereocenters. The first-order chi connectivity index (χ1) is 26.2. The van der Waals surface area contributed by atoms with Gasteiger partial charge in [-0.2, -0.15) is 10.7 Å². The van der Waals surface area contributed by atoms with Crippen LogP contribution >= 0.6 is 0 Å². The monoisotopic (exact) mass is 918 g/mol. The summed E-state index contributed by atoms with van der Waals surface area (Å²) in [6.07, 6.45) is 3.94. The van der Waals surface area contributed by atoms with Crippen molar-refractivity contribution in [2.75, 3.05) is 0 Å². The second-order valence-corrected chi connectivity index (χ2v) is 17.9. The fraction of sp³-hybridized carbons (Fsp3) is 0.280. The first-order valence-corrected chi connectivity index (χ1v) is 19.8. The summed E-state index contributed by atoms with van der Waals surface area (Å²) in [5.41, 5.74) is 10.8. The van der Waals surface area contributed by atoms with E-state index < -0.39 is 0 Å². The van der Waals surface area contributed by atoms with E-state index in [4.69, 9.17) is 9.72 Å². The van der Waals surface area contributed by atoms with E-state index in [9.17, 15) is 0 Å². The number of quaternary nitrogens is 2. The second kappa shape index (κ2) is 13.3. The molecule has 7 aromatic rings. The molecule has 1 unspecified atom stereocenters. The average Bonchev–Trinajstić information content (AvgIpc) is 3.67. The van der Waals surface area contributed by atoms with Crippen LogP contribution in [0.25, 0.3) is 27.6 Å². The number of rotatable bonds is 8. The van der Waals surface area contributed by atoms with Crippen LogP contribution in [0, 0.1) is 18.8 Å². The van der Waals surface area contributed by atoms with Crippen molar-refractivity contribution in [3.8, 4) is 17.3 Å². The van der Waals surface area contributed by atoms with Gasteiger partial charge in [0, 0.05) is 68.5 Å². The zero-order valence-corrected chi connectivity index (χ0v) is 36.2. The minimum atomic E-state index is -0.0354. The zero-order valence-electron chi connectivity index (χ0n) is 34.0. The molecule has 288 valence electrons. The van der Waals surface area contributed by atoms with E-state index in [1.165, 1.54) is 33.8 Å². The summed E-state index contributed by atoms with van der Waals surface area (Å²) >= 11 is 0. The molecule has 0 spiro atoms. The van der Waals surface area contributed by atoms with Gasteiger partial charge in [0.1, 0.15) is 5.82 Å². The van der Waals surface area contributed by atoms with Gasteiger partial charge in [-0.1, -0.05) is 116 Å². The van der Waals surface area contributed by atoms with Gasteiger partial charge >= 0.3 is 0 Å². The predicted molar refractivity (Wildman–Crippen MR) is 228 cm³/mol. The minimum Gasteiger partial charge on any atom is -0.509 e. The van der Waals surface area contributed by atoms with Crippen LogP contribution in [0.2, 0.25) is 0 Å². The molecular weight excluding hydrogens is 868 g/mol. The standard InChI is InChI=1S/C50H51N4O.Pt/c1-10-50(9,11-2)36-28-38(54-33-53(54,45-21-14-15-22-46(45)54)37-18-16-17-34(27-37)48(3,4)5)31-40(29-36)55-39-23-24-42-41-19-12-13-20-43(41)52(44(42)32-39)47-30-35(25-26-51-47)49(6,7)8;/h12-30,33H,10-11H2,1-9H3;/q-1;/t53-,54?;/m0./s1. The Hall–Kier alpha value is -4.54. The molecule has 0 saturated carbocycles. The molecule has 6 heteroatoms. The molecule has 0 radical (unpaired) electrons. The number of benzene rings is 5. The number of pyridine rings is 1. The van der Waals surface area contributed by atoms with Crippen LogP contribution in [0.1, 0.15) is 91.8 Å². The Bertz CT molecular complexity index is 2640. The Morgan fingerprint density at radius 2 is 1.32 bits per heavy atom. The van der Waals surface area contributed by atoms with Crippen molar-refractivity contribution in [3.63, 3.8) is 0 Å². The number of hydrogen-bond acceptors (Lipinski definition) is 2. The molecule has 1 fully saturated rings. The Morgan fingerprint density at radius 1 is 0.643 bits per heavy atom. The first-order valence-electron chi connectivity index (χ1n) is 19.8. The predicted octanol–water partition coefficient (Wildman–Crippen LogP) is 13.6. The Balaban J connectivity index is 0.00000441. The summed E-state index contributed by atoms with van der Waals surface area (Å²) < 4.78 is 10.3. The van der Waals surface area contributed by atoms with Crippen LogP contribution in [0.15, 0.2) is 115 Å². The van der Waals surface area contributed by atoms with Crippen molar-refractivity contribution in [2.45, 2.75) is 91.4 Å². The summed E-state index contributed by atoms with van der Waals surface area (Å²) in [6, 6.07) is 47.2. The maximum absolute atomic E-state index is 6.91. The van der Waals surface area contributed by atoms with Gasteiger partial charge < -0.3 is 9.30 Å². The van der Waals surface area contributed by atoms with Crippen LogP contribution in [-0.2, 0) is 37.3 Å². The molecular formula is C50H51N4OPt-. The number of para-hydroxylation sites is 3. The average molecular weight is 919 g/mol. The van der Waals surface area contributed by atoms with Crippen LogP contribution in [0.5, 0.6) is 11.5 Å². The number of nitrogens with zero attached hydrogens (tertiary/aromatic N) is 4. The van der Waals surface area contributed by atoms with E-state index in [2.05, 4.69) is 189 Å². The molecule has 4 heterocycles. The summed E-state index contributed by atoms with van der Waals surface area (Å²) in [5, 5.41) is 2.28. The Labute approximate surface area is 347 Å². The van der Waals surface area contributed by atoms with Gasteiger partial charge in [0.25, 0.3) is 0 Å². The third kappa shape index (κ3) is 5.64. The number of fused-ring (bicyclic) bond motifs is 7. The van der Waals surface area contributed by atoms with Gasteiger partial charge in [-0.3, -0.25) is 0 Å². The van der Waals surface area contributed by atoms with E-state index in [1.807, 2.05) is 12.3 Å². The molecule has 9 rings (SSSR count). The van der Waals surface area contributed by atoms with Crippen LogP contribution in [-0.4, -0.2) is 9.55 Å². The van der Waals surface area contributed by atoms with Gasteiger partial charge in [0.15, 0.2) is 12.4 Å². The van der Waals surface area contributed by atoms with Crippen molar-refractivity contribution >= 4 is 44.6 Å². The molecule has 5 nitrogen and oxygen atoms in total. The van der Waals surface area contributed by atoms with Gasteiger partial charge in [-0.25, -0.2) is 9.58 Å². The maximum atomic E-state index is 6.91. The molecule has 1 saturated heterocycles. The zero-order chi connectivity index (χ0) is 38.5. The van der Waals surface area contributed by atoms with Crippen molar-refractivity contribution in [3.05, 3.63) is 151 Å². The maximum Gasteiger partial charge on any atom is 0.225 e. The molecule has 0 N–H and O–H groups in total.